The van der Waals surface area contributed by atoms with Gasteiger partial charge in [-0.15, -0.1) is 0 Å². The Morgan fingerprint density at radius 1 is 1.21 bits per heavy atom. The number of aliphatic hydroxyl groups excluding tert-OH is 1. The van der Waals surface area contributed by atoms with Crippen LogP contribution in [0.5, 0.6) is 0 Å². The monoisotopic (exact) mass is 274 g/mol. The molecule has 0 radical (unpaired) electrons. The minimum absolute atomic E-state index is 0.400. The van der Waals surface area contributed by atoms with Gasteiger partial charge in [0.25, 0.3) is 0 Å². The Bertz CT molecular complexity index is 199. The van der Waals surface area contributed by atoms with Gasteiger partial charge < -0.3 is 20.1 Å². The zero-order valence-corrected chi connectivity index (χ0v) is 13.5. The molecule has 0 aromatic carbocycles. The number of ether oxygens (including phenoxy) is 1. The van der Waals surface area contributed by atoms with Gasteiger partial charge >= 0.3 is 0 Å². The summed E-state index contributed by atoms with van der Waals surface area (Å²) < 4.78 is 5.46. The highest BCUT2D eigenvalue weighted by molar-refractivity contribution is 4.62. The Hall–Kier alpha value is -0.160. The van der Waals surface area contributed by atoms with E-state index in [1.807, 2.05) is 0 Å². The minimum atomic E-state index is -0.400. The number of nitrogens with zero attached hydrogens (tertiary/aromatic N) is 1. The van der Waals surface area contributed by atoms with Crippen molar-refractivity contribution in [3.05, 3.63) is 0 Å². The van der Waals surface area contributed by atoms with E-state index in [2.05, 4.69) is 45.0 Å². The Kier molecular flexibility index (Phi) is 11.6. The summed E-state index contributed by atoms with van der Waals surface area (Å²) in [6.07, 6.45) is 1.87. The predicted molar refractivity (Wildman–Crippen MR) is 81.5 cm³/mol. The number of hydrogen-bond donors (Lipinski definition) is 2. The maximum Gasteiger partial charge on any atom is 0.0897 e. The zero-order valence-electron chi connectivity index (χ0n) is 13.5. The number of aliphatic hydroxyl groups is 1. The molecular formula is C15H34N2O2. The standard InChI is InChI=1S/C15H34N2O2/c1-13(2)7-6-10-19-12-15(18)11-16-8-9-17(5)14(3)4/h13-16,18H,6-12H2,1-5H3. The van der Waals surface area contributed by atoms with Crippen LogP contribution in [0.1, 0.15) is 40.5 Å². The summed E-state index contributed by atoms with van der Waals surface area (Å²) in [5.74, 6) is 0.730. The van der Waals surface area contributed by atoms with Crippen molar-refractivity contribution in [1.29, 1.82) is 0 Å². The average Bonchev–Trinajstić information content (AvgIpc) is 2.33. The van der Waals surface area contributed by atoms with Gasteiger partial charge in [-0.2, -0.15) is 0 Å². The largest absolute Gasteiger partial charge is 0.389 e. The molecule has 0 heterocycles. The van der Waals surface area contributed by atoms with Crippen molar-refractivity contribution in [2.45, 2.75) is 52.7 Å². The molecule has 0 amide bonds. The van der Waals surface area contributed by atoms with Crippen LogP contribution in [-0.4, -0.2) is 62.0 Å². The van der Waals surface area contributed by atoms with Crippen molar-refractivity contribution in [3.63, 3.8) is 0 Å². The van der Waals surface area contributed by atoms with E-state index in [4.69, 9.17) is 4.74 Å². The van der Waals surface area contributed by atoms with Gasteiger partial charge in [0.1, 0.15) is 0 Å². The van der Waals surface area contributed by atoms with E-state index >= 15 is 0 Å². The summed E-state index contributed by atoms with van der Waals surface area (Å²) in [6.45, 7) is 12.5. The van der Waals surface area contributed by atoms with Crippen molar-refractivity contribution in [2.75, 3.05) is 39.9 Å². The first kappa shape index (κ1) is 18.8. The smallest absolute Gasteiger partial charge is 0.0897 e. The fraction of sp³-hybridized carbons (Fsp3) is 1.00. The van der Waals surface area contributed by atoms with Crippen molar-refractivity contribution in [1.82, 2.24) is 10.2 Å². The highest BCUT2D eigenvalue weighted by Crippen LogP contribution is 2.03. The third-order valence-electron chi connectivity index (χ3n) is 3.28. The Morgan fingerprint density at radius 3 is 2.47 bits per heavy atom. The van der Waals surface area contributed by atoms with Crippen LogP contribution >= 0.6 is 0 Å². The lowest BCUT2D eigenvalue weighted by atomic mass is 10.1. The lowest BCUT2D eigenvalue weighted by Gasteiger charge is -2.21. The van der Waals surface area contributed by atoms with Gasteiger partial charge in [0.05, 0.1) is 12.7 Å². The Balaban J connectivity index is 3.32. The van der Waals surface area contributed by atoms with Crippen LogP contribution in [0, 0.1) is 5.92 Å². The van der Waals surface area contributed by atoms with Gasteiger partial charge in [-0.25, -0.2) is 0 Å². The first-order valence-electron chi connectivity index (χ1n) is 7.60. The second kappa shape index (κ2) is 11.6. The summed E-state index contributed by atoms with van der Waals surface area (Å²) in [4.78, 5) is 2.28. The molecule has 0 aliphatic carbocycles. The molecule has 0 fully saturated rings. The zero-order chi connectivity index (χ0) is 14.7. The SMILES string of the molecule is CC(C)CCCOCC(O)CNCCN(C)C(C)C. The van der Waals surface area contributed by atoms with Crippen LogP contribution in [0.4, 0.5) is 0 Å². The topological polar surface area (TPSA) is 44.7 Å². The molecule has 2 N–H and O–H groups in total. The van der Waals surface area contributed by atoms with E-state index in [1.54, 1.807) is 0 Å². The molecule has 4 heteroatoms. The number of rotatable bonds is 12. The molecule has 0 aliphatic rings. The first-order valence-corrected chi connectivity index (χ1v) is 7.60. The van der Waals surface area contributed by atoms with Crippen LogP contribution in [0.15, 0.2) is 0 Å². The van der Waals surface area contributed by atoms with E-state index in [0.717, 1.165) is 32.0 Å². The molecule has 0 saturated heterocycles. The fourth-order valence-corrected chi connectivity index (χ4v) is 1.65. The molecule has 0 spiro atoms. The summed E-state index contributed by atoms with van der Waals surface area (Å²) in [5, 5.41) is 13.0. The molecule has 0 aliphatic heterocycles. The normalized spacial score (nSPS) is 13.7. The van der Waals surface area contributed by atoms with Crippen LogP contribution in [0.2, 0.25) is 0 Å². The molecule has 0 rings (SSSR count). The van der Waals surface area contributed by atoms with Gasteiger partial charge in [-0.3, -0.25) is 0 Å². The van der Waals surface area contributed by atoms with Crippen molar-refractivity contribution < 1.29 is 9.84 Å². The van der Waals surface area contributed by atoms with E-state index in [9.17, 15) is 5.11 Å². The molecular weight excluding hydrogens is 240 g/mol. The van der Waals surface area contributed by atoms with Crippen molar-refractivity contribution in [3.8, 4) is 0 Å². The maximum absolute atomic E-state index is 9.73. The predicted octanol–water partition coefficient (Wildman–Crippen LogP) is 1.73. The van der Waals surface area contributed by atoms with E-state index in [1.165, 1.54) is 6.42 Å². The van der Waals surface area contributed by atoms with Gasteiger partial charge in [0.2, 0.25) is 0 Å². The summed E-state index contributed by atoms with van der Waals surface area (Å²) >= 11 is 0. The first-order chi connectivity index (χ1) is 8.93. The second-order valence-corrected chi connectivity index (χ2v) is 6.04. The van der Waals surface area contributed by atoms with E-state index in [-0.39, 0.29) is 0 Å². The van der Waals surface area contributed by atoms with E-state index in [0.29, 0.717) is 19.2 Å². The number of likely N-dealkylation sites (N-methyl/N-ethyl adjacent to an activating group) is 1. The average molecular weight is 274 g/mol. The third kappa shape index (κ3) is 12.6. The number of nitrogens with one attached hydrogen (secondary N) is 1. The highest BCUT2D eigenvalue weighted by atomic mass is 16.5. The van der Waals surface area contributed by atoms with Gasteiger partial charge in [0.15, 0.2) is 0 Å². The molecule has 0 aromatic heterocycles. The molecule has 4 nitrogen and oxygen atoms in total. The van der Waals surface area contributed by atoms with Gasteiger partial charge in [0, 0.05) is 32.3 Å². The molecule has 1 unspecified atom stereocenters. The highest BCUT2D eigenvalue weighted by Gasteiger charge is 2.05. The van der Waals surface area contributed by atoms with Crippen LogP contribution in [-0.2, 0) is 4.74 Å². The molecule has 0 bridgehead atoms. The quantitative estimate of drug-likeness (QED) is 0.532. The maximum atomic E-state index is 9.73. The summed E-state index contributed by atoms with van der Waals surface area (Å²) in [6, 6.07) is 0.566. The number of hydrogen-bond acceptors (Lipinski definition) is 4. The Labute approximate surface area is 119 Å². The lowest BCUT2D eigenvalue weighted by molar-refractivity contribution is 0.0346. The molecule has 0 aromatic rings. The molecule has 116 valence electrons. The lowest BCUT2D eigenvalue weighted by Crippen LogP contribution is -2.37. The Morgan fingerprint density at radius 2 is 1.89 bits per heavy atom. The molecule has 0 saturated carbocycles. The van der Waals surface area contributed by atoms with E-state index < -0.39 is 6.10 Å². The third-order valence-corrected chi connectivity index (χ3v) is 3.28. The van der Waals surface area contributed by atoms with Gasteiger partial charge in [-0.05, 0) is 39.7 Å². The van der Waals surface area contributed by atoms with Crippen molar-refractivity contribution >= 4 is 0 Å². The van der Waals surface area contributed by atoms with Crippen molar-refractivity contribution in [2.24, 2.45) is 5.92 Å². The second-order valence-electron chi connectivity index (χ2n) is 6.04. The minimum Gasteiger partial charge on any atom is -0.389 e. The summed E-state index contributed by atoms with van der Waals surface area (Å²) in [7, 11) is 2.11. The fourth-order valence-electron chi connectivity index (χ4n) is 1.65. The van der Waals surface area contributed by atoms with Crippen LogP contribution < -0.4 is 5.32 Å². The molecule has 19 heavy (non-hydrogen) atoms. The van der Waals surface area contributed by atoms with Crippen LogP contribution in [0.25, 0.3) is 0 Å². The van der Waals surface area contributed by atoms with Crippen LogP contribution in [0.3, 0.4) is 0 Å². The molecule has 1 atom stereocenters. The summed E-state index contributed by atoms with van der Waals surface area (Å²) in [5.41, 5.74) is 0. The van der Waals surface area contributed by atoms with Gasteiger partial charge in [-0.1, -0.05) is 13.8 Å².